The zero-order valence-corrected chi connectivity index (χ0v) is 14.7. The Bertz CT molecular complexity index is 1040. The van der Waals surface area contributed by atoms with Crippen molar-refractivity contribution in [2.45, 2.75) is 0 Å². The highest BCUT2D eigenvalue weighted by Crippen LogP contribution is 2.37. The van der Waals surface area contributed by atoms with Gasteiger partial charge in [0.2, 0.25) is 5.78 Å². The second kappa shape index (κ2) is 8.41. The van der Waals surface area contributed by atoms with E-state index in [2.05, 4.69) is 0 Å². The molecule has 0 amide bonds. The number of nitro groups is 2. The van der Waals surface area contributed by atoms with Gasteiger partial charge in [0, 0.05) is 29.3 Å². The molecule has 2 aromatic carbocycles. The average molecular weight is 383 g/mol. The molecule has 0 fully saturated rings. The maximum absolute atomic E-state index is 12.6. The first kappa shape index (κ1) is 20.1. The minimum atomic E-state index is -0.779. The van der Waals surface area contributed by atoms with Gasteiger partial charge in [-0.3, -0.25) is 25.0 Å². The number of benzene rings is 2. The van der Waals surface area contributed by atoms with Crippen LogP contribution in [-0.4, -0.2) is 29.8 Å². The summed E-state index contributed by atoms with van der Waals surface area (Å²) < 4.78 is 10.2. The monoisotopic (exact) mass is 383 g/mol. The maximum atomic E-state index is 12.6. The molecule has 0 aromatic heterocycles. The van der Waals surface area contributed by atoms with Crippen molar-refractivity contribution in [2.75, 3.05) is 14.2 Å². The number of Topliss-reactive ketones (excluding diaryl/α,β-unsaturated/α-hetero) is 1. The summed E-state index contributed by atoms with van der Waals surface area (Å²) in [5.74, 6) is -0.644. The molecule has 0 saturated heterocycles. The molecule has 0 heterocycles. The van der Waals surface area contributed by atoms with Crippen LogP contribution in [0.15, 0.2) is 42.0 Å². The highest BCUT2D eigenvalue weighted by molar-refractivity contribution is 6.14. The van der Waals surface area contributed by atoms with E-state index in [0.29, 0.717) is 0 Å². The third-order valence-corrected chi connectivity index (χ3v) is 3.69. The molecule has 0 aliphatic heterocycles. The second-order valence-corrected chi connectivity index (χ2v) is 5.33. The number of ketones is 1. The Kier molecular flexibility index (Phi) is 6.03. The van der Waals surface area contributed by atoms with Gasteiger partial charge in [0.25, 0.3) is 11.4 Å². The van der Waals surface area contributed by atoms with Gasteiger partial charge >= 0.3 is 0 Å². The maximum Gasteiger partial charge on any atom is 0.274 e. The van der Waals surface area contributed by atoms with Crippen LogP contribution in [0.5, 0.6) is 11.5 Å². The smallest absolute Gasteiger partial charge is 0.274 e. The predicted molar refractivity (Wildman–Crippen MR) is 97.2 cm³/mol. The molecule has 2 aromatic rings. The van der Waals surface area contributed by atoms with Gasteiger partial charge in [-0.1, -0.05) is 12.1 Å². The van der Waals surface area contributed by atoms with E-state index in [1.165, 1.54) is 32.4 Å². The zero-order valence-electron chi connectivity index (χ0n) is 14.7. The van der Waals surface area contributed by atoms with Gasteiger partial charge in [-0.05, 0) is 6.08 Å². The molecule has 0 radical (unpaired) electrons. The number of non-ortho nitro benzene ring substituents is 2. The molecule has 0 aliphatic rings. The molecular weight excluding hydrogens is 370 g/mol. The van der Waals surface area contributed by atoms with Crippen molar-refractivity contribution >= 4 is 23.2 Å². The number of ether oxygens (including phenoxy) is 2. The number of hydrogen-bond acceptors (Lipinski definition) is 8. The molecule has 2 rings (SSSR count). The van der Waals surface area contributed by atoms with Crippen molar-refractivity contribution < 1.29 is 24.1 Å². The van der Waals surface area contributed by atoms with Crippen LogP contribution in [0.2, 0.25) is 0 Å². The lowest BCUT2D eigenvalue weighted by Crippen LogP contribution is -2.03. The van der Waals surface area contributed by atoms with E-state index < -0.39 is 15.6 Å². The first-order valence-corrected chi connectivity index (χ1v) is 7.63. The lowest BCUT2D eigenvalue weighted by atomic mass is 10.0. The van der Waals surface area contributed by atoms with Crippen molar-refractivity contribution in [3.05, 3.63) is 73.3 Å². The number of methoxy groups -OCH3 is 2. The van der Waals surface area contributed by atoms with Crippen molar-refractivity contribution in [1.29, 1.82) is 5.26 Å². The van der Waals surface area contributed by atoms with Gasteiger partial charge in [-0.25, -0.2) is 0 Å². The fraction of sp³-hybridized carbons (Fsp3) is 0.111. The highest BCUT2D eigenvalue weighted by Gasteiger charge is 2.20. The van der Waals surface area contributed by atoms with E-state index in [9.17, 15) is 30.3 Å². The van der Waals surface area contributed by atoms with Crippen molar-refractivity contribution in [3.63, 3.8) is 0 Å². The van der Waals surface area contributed by atoms with E-state index in [1.807, 2.05) is 0 Å². The predicted octanol–water partition coefficient (Wildman–Crippen LogP) is 3.31. The van der Waals surface area contributed by atoms with Gasteiger partial charge in [0.1, 0.15) is 11.6 Å². The third kappa shape index (κ3) is 4.10. The van der Waals surface area contributed by atoms with Crippen LogP contribution in [0.25, 0.3) is 6.08 Å². The third-order valence-electron chi connectivity index (χ3n) is 3.69. The summed E-state index contributed by atoms with van der Waals surface area (Å²) >= 11 is 0. The Morgan fingerprint density at radius 3 is 2.29 bits per heavy atom. The summed E-state index contributed by atoms with van der Waals surface area (Å²) in [7, 11) is 2.59. The summed E-state index contributed by atoms with van der Waals surface area (Å²) in [6.45, 7) is 0. The summed E-state index contributed by atoms with van der Waals surface area (Å²) in [5.41, 5.74) is -1.02. The number of nitriles is 1. The number of nitrogens with zero attached hydrogens (tertiary/aromatic N) is 3. The van der Waals surface area contributed by atoms with Crippen LogP contribution in [0.3, 0.4) is 0 Å². The van der Waals surface area contributed by atoms with Gasteiger partial charge in [-0.2, -0.15) is 5.26 Å². The first-order chi connectivity index (χ1) is 13.3. The molecule has 0 aliphatic carbocycles. The normalized spacial score (nSPS) is 10.7. The molecular formula is C18H13N3O7. The quantitative estimate of drug-likeness (QED) is 0.233. The molecule has 142 valence electrons. The van der Waals surface area contributed by atoms with Crippen LogP contribution in [-0.2, 0) is 0 Å². The zero-order chi connectivity index (χ0) is 20.8. The Labute approximate surface area is 158 Å². The van der Waals surface area contributed by atoms with E-state index >= 15 is 0 Å². The lowest BCUT2D eigenvalue weighted by molar-refractivity contribution is -0.385. The minimum absolute atomic E-state index is 0.0445. The largest absolute Gasteiger partial charge is 0.493 e. The molecule has 10 nitrogen and oxygen atoms in total. The number of carbonyl (C=O) groups excluding carboxylic acids is 1. The molecule has 28 heavy (non-hydrogen) atoms. The minimum Gasteiger partial charge on any atom is -0.493 e. The first-order valence-electron chi connectivity index (χ1n) is 7.63. The number of rotatable bonds is 7. The highest BCUT2D eigenvalue weighted by atomic mass is 16.6. The Hall–Kier alpha value is -4.26. The standard InChI is InChI=1S/C18H13N3O7/c1-27-16-9-15(21(25)26)8-12(18(16)28-2)6-13(10-19)17(22)11-4-3-5-14(7-11)20(23)24/h3-9H,1-2H3. The molecule has 0 N–H and O–H groups in total. The molecule has 0 saturated carbocycles. The topological polar surface area (TPSA) is 146 Å². The van der Waals surface area contributed by atoms with E-state index in [-0.39, 0.29) is 39.6 Å². The SMILES string of the molecule is COc1cc([N+](=O)[O-])cc(C=C(C#N)C(=O)c2cccc([N+](=O)[O-])c2)c1OC. The molecule has 0 spiro atoms. The van der Waals surface area contributed by atoms with Crippen LogP contribution in [0.4, 0.5) is 11.4 Å². The number of nitro benzene ring substituents is 2. The summed E-state index contributed by atoms with van der Waals surface area (Å²) in [4.78, 5) is 33.3. The van der Waals surface area contributed by atoms with Crippen molar-refractivity contribution in [1.82, 2.24) is 0 Å². The Morgan fingerprint density at radius 1 is 1.07 bits per heavy atom. The summed E-state index contributed by atoms with van der Waals surface area (Å²) in [6.07, 6.45) is 1.11. The second-order valence-electron chi connectivity index (χ2n) is 5.33. The Balaban J connectivity index is 2.61. The summed E-state index contributed by atoms with van der Waals surface area (Å²) in [5, 5.41) is 31.4. The van der Waals surface area contributed by atoms with Gasteiger partial charge in [0.15, 0.2) is 11.5 Å². The van der Waals surface area contributed by atoms with Crippen LogP contribution in [0.1, 0.15) is 15.9 Å². The van der Waals surface area contributed by atoms with E-state index in [0.717, 1.165) is 24.3 Å². The van der Waals surface area contributed by atoms with Crippen molar-refractivity contribution in [3.8, 4) is 17.6 Å². The summed E-state index contributed by atoms with van der Waals surface area (Å²) in [6, 6.07) is 8.87. The van der Waals surface area contributed by atoms with Crippen molar-refractivity contribution in [2.24, 2.45) is 0 Å². The fourth-order valence-corrected chi connectivity index (χ4v) is 2.41. The van der Waals surface area contributed by atoms with Gasteiger partial charge < -0.3 is 9.47 Å². The van der Waals surface area contributed by atoms with E-state index in [4.69, 9.17) is 9.47 Å². The number of hydrogen-bond donors (Lipinski definition) is 0. The van der Waals surface area contributed by atoms with Gasteiger partial charge in [-0.15, -0.1) is 0 Å². The van der Waals surface area contributed by atoms with Crippen LogP contribution in [0, 0.1) is 31.6 Å². The molecule has 10 heteroatoms. The number of carbonyl (C=O) groups is 1. The van der Waals surface area contributed by atoms with E-state index in [1.54, 1.807) is 6.07 Å². The molecule has 0 unspecified atom stereocenters. The molecule has 0 atom stereocenters. The van der Waals surface area contributed by atoms with Gasteiger partial charge in [0.05, 0.1) is 30.1 Å². The van der Waals surface area contributed by atoms with Crippen LogP contribution >= 0.6 is 0 Å². The number of allylic oxidation sites excluding steroid dienone is 1. The Morgan fingerprint density at radius 2 is 1.75 bits per heavy atom. The molecule has 0 bridgehead atoms. The lowest BCUT2D eigenvalue weighted by Gasteiger charge is -2.10. The van der Waals surface area contributed by atoms with Crippen LogP contribution < -0.4 is 9.47 Å². The fourth-order valence-electron chi connectivity index (χ4n) is 2.41. The average Bonchev–Trinajstić information content (AvgIpc) is 2.70.